The van der Waals surface area contributed by atoms with Crippen LogP contribution in [0.15, 0.2) is 42.5 Å². The van der Waals surface area contributed by atoms with Crippen molar-refractivity contribution in [2.45, 2.75) is 12.6 Å². The Morgan fingerprint density at radius 1 is 1.04 bits per heavy atom. The minimum atomic E-state index is -4.48. The summed E-state index contributed by atoms with van der Waals surface area (Å²) in [6.45, 7) is -1.46. The molecule has 0 aliphatic heterocycles. The summed E-state index contributed by atoms with van der Waals surface area (Å²) >= 11 is 0. The molecule has 0 saturated carbocycles. The summed E-state index contributed by atoms with van der Waals surface area (Å²) in [7, 11) is 0. The quantitative estimate of drug-likeness (QED) is 0.567. The summed E-state index contributed by atoms with van der Waals surface area (Å²) in [5.41, 5.74) is 0.759. The molecular formula is C16H11F5O2. The van der Waals surface area contributed by atoms with Gasteiger partial charge in [0.05, 0.1) is 0 Å². The highest BCUT2D eigenvalue weighted by molar-refractivity contribution is 5.88. The molecule has 0 heterocycles. The zero-order valence-corrected chi connectivity index (χ0v) is 11.6. The van der Waals surface area contributed by atoms with Crippen LogP contribution >= 0.6 is 0 Å². The number of rotatable bonds is 5. The lowest BCUT2D eigenvalue weighted by Gasteiger charge is -2.12. The lowest BCUT2D eigenvalue weighted by molar-refractivity contribution is -0.153. The Morgan fingerprint density at radius 3 is 2.22 bits per heavy atom. The summed E-state index contributed by atoms with van der Waals surface area (Å²) in [4.78, 5) is 11.1. The Bertz CT molecular complexity index is 678. The van der Waals surface area contributed by atoms with Crippen LogP contribution < -0.4 is 4.74 Å². The highest BCUT2D eigenvalue weighted by Gasteiger charge is 2.28. The van der Waals surface area contributed by atoms with E-state index < -0.39 is 19.2 Å². The van der Waals surface area contributed by atoms with Gasteiger partial charge in [0.15, 0.2) is 12.9 Å². The van der Waals surface area contributed by atoms with E-state index in [1.807, 2.05) is 0 Å². The number of alkyl halides is 5. The van der Waals surface area contributed by atoms with Crippen LogP contribution in [0.2, 0.25) is 0 Å². The summed E-state index contributed by atoms with van der Waals surface area (Å²) in [6, 6.07) is 8.96. The van der Waals surface area contributed by atoms with Crippen LogP contribution in [-0.2, 0) is 0 Å². The Kier molecular flexibility index (Phi) is 4.98. The highest BCUT2D eigenvalue weighted by atomic mass is 19.4. The molecule has 2 aromatic carbocycles. The zero-order valence-electron chi connectivity index (χ0n) is 11.6. The van der Waals surface area contributed by atoms with Crippen LogP contribution in [0.5, 0.6) is 5.75 Å². The first-order valence-corrected chi connectivity index (χ1v) is 6.47. The van der Waals surface area contributed by atoms with E-state index >= 15 is 0 Å². The van der Waals surface area contributed by atoms with E-state index in [-0.39, 0.29) is 16.9 Å². The van der Waals surface area contributed by atoms with Gasteiger partial charge in [0.25, 0.3) is 6.43 Å². The van der Waals surface area contributed by atoms with E-state index in [9.17, 15) is 26.7 Å². The van der Waals surface area contributed by atoms with E-state index in [0.717, 1.165) is 0 Å². The molecule has 2 rings (SSSR count). The molecular weight excluding hydrogens is 319 g/mol. The molecule has 0 bridgehead atoms. The Labute approximate surface area is 128 Å². The van der Waals surface area contributed by atoms with Gasteiger partial charge in [-0.15, -0.1) is 0 Å². The van der Waals surface area contributed by atoms with E-state index in [1.54, 1.807) is 0 Å². The van der Waals surface area contributed by atoms with Crippen molar-refractivity contribution in [1.82, 2.24) is 0 Å². The van der Waals surface area contributed by atoms with Crippen LogP contribution in [0.25, 0.3) is 11.1 Å². The second-order valence-corrected chi connectivity index (χ2v) is 4.69. The fourth-order valence-electron chi connectivity index (χ4n) is 1.95. The molecule has 0 unspecified atom stereocenters. The maximum absolute atomic E-state index is 12.5. The first-order chi connectivity index (χ1) is 10.8. The number of carbonyl (C=O) groups is 1. The third-order valence-corrected chi connectivity index (χ3v) is 3.03. The fraction of sp³-hybridized carbons (Fsp3) is 0.188. The van der Waals surface area contributed by atoms with Crippen molar-refractivity contribution < 1.29 is 31.5 Å². The Hall–Kier alpha value is -2.44. The average molecular weight is 330 g/mol. The molecule has 0 N–H and O–H groups in total. The molecule has 7 heteroatoms. The molecule has 0 aliphatic carbocycles. The van der Waals surface area contributed by atoms with Crippen LogP contribution in [0.1, 0.15) is 22.3 Å². The summed E-state index contributed by atoms with van der Waals surface area (Å²) in [5.74, 6) is -0.0686. The van der Waals surface area contributed by atoms with Crippen molar-refractivity contribution in [2.75, 3.05) is 6.61 Å². The number of ether oxygens (including phenoxy) is 1. The van der Waals surface area contributed by atoms with Crippen LogP contribution in [-0.4, -0.2) is 19.1 Å². The van der Waals surface area contributed by atoms with Crippen molar-refractivity contribution in [3.05, 3.63) is 53.6 Å². The van der Waals surface area contributed by atoms with Crippen molar-refractivity contribution in [3.8, 4) is 16.9 Å². The predicted octanol–water partition coefficient (Wildman–Crippen LogP) is 5.04. The molecule has 0 atom stereocenters. The maximum atomic E-state index is 12.5. The van der Waals surface area contributed by atoms with Crippen molar-refractivity contribution in [2.24, 2.45) is 0 Å². The number of hydrogen-bond donors (Lipinski definition) is 0. The van der Waals surface area contributed by atoms with Gasteiger partial charge in [0, 0.05) is 11.1 Å². The Balaban J connectivity index is 2.33. The topological polar surface area (TPSA) is 26.3 Å². The molecule has 0 aliphatic rings. The monoisotopic (exact) mass is 330 g/mol. The average Bonchev–Trinajstić information content (AvgIpc) is 2.52. The summed E-state index contributed by atoms with van der Waals surface area (Å²) in [5, 5.41) is 0. The van der Waals surface area contributed by atoms with Gasteiger partial charge in [-0.1, -0.05) is 24.3 Å². The Morgan fingerprint density at radius 2 is 1.70 bits per heavy atom. The molecule has 0 saturated heterocycles. The number of carbonyl (C=O) groups excluding carboxylic acids is 1. The SMILES string of the molecule is O=Cc1ccc(OCC(F)(F)F)cc1-c1ccc(C(F)F)cc1. The lowest BCUT2D eigenvalue weighted by atomic mass is 9.99. The first-order valence-electron chi connectivity index (χ1n) is 6.47. The minimum absolute atomic E-state index is 0.0686. The van der Waals surface area contributed by atoms with Gasteiger partial charge in [0.1, 0.15) is 5.75 Å². The highest BCUT2D eigenvalue weighted by Crippen LogP contribution is 2.30. The van der Waals surface area contributed by atoms with Gasteiger partial charge in [-0.05, 0) is 29.3 Å². The minimum Gasteiger partial charge on any atom is -0.484 e. The smallest absolute Gasteiger partial charge is 0.422 e. The van der Waals surface area contributed by atoms with Gasteiger partial charge in [-0.3, -0.25) is 4.79 Å². The van der Waals surface area contributed by atoms with Gasteiger partial charge in [-0.2, -0.15) is 13.2 Å². The van der Waals surface area contributed by atoms with E-state index in [0.29, 0.717) is 17.4 Å². The van der Waals surface area contributed by atoms with Gasteiger partial charge >= 0.3 is 6.18 Å². The fourth-order valence-corrected chi connectivity index (χ4v) is 1.95. The van der Waals surface area contributed by atoms with E-state index in [1.165, 1.54) is 42.5 Å². The number of aldehydes is 1. The maximum Gasteiger partial charge on any atom is 0.422 e. The van der Waals surface area contributed by atoms with Crippen LogP contribution in [0, 0.1) is 0 Å². The molecule has 0 aromatic heterocycles. The molecule has 122 valence electrons. The first kappa shape index (κ1) is 16.9. The van der Waals surface area contributed by atoms with Crippen molar-refractivity contribution in [1.29, 1.82) is 0 Å². The van der Waals surface area contributed by atoms with E-state index in [4.69, 9.17) is 0 Å². The predicted molar refractivity (Wildman–Crippen MR) is 73.8 cm³/mol. The van der Waals surface area contributed by atoms with Gasteiger partial charge in [0.2, 0.25) is 0 Å². The van der Waals surface area contributed by atoms with E-state index in [2.05, 4.69) is 4.74 Å². The second kappa shape index (κ2) is 6.76. The molecule has 0 amide bonds. The molecule has 2 aromatic rings. The largest absolute Gasteiger partial charge is 0.484 e. The van der Waals surface area contributed by atoms with Gasteiger partial charge < -0.3 is 4.74 Å². The van der Waals surface area contributed by atoms with Crippen molar-refractivity contribution >= 4 is 6.29 Å². The van der Waals surface area contributed by atoms with Gasteiger partial charge in [-0.25, -0.2) is 8.78 Å². The number of hydrogen-bond acceptors (Lipinski definition) is 2. The molecule has 2 nitrogen and oxygen atoms in total. The lowest BCUT2D eigenvalue weighted by Crippen LogP contribution is -2.19. The normalized spacial score (nSPS) is 11.6. The second-order valence-electron chi connectivity index (χ2n) is 4.69. The summed E-state index contributed by atoms with van der Waals surface area (Å²) in [6.07, 6.45) is -6.58. The zero-order chi connectivity index (χ0) is 17.0. The standard InChI is InChI=1S/C16H11F5O2/c17-15(18)11-3-1-10(2-4-11)14-7-13(6-5-12(14)8-22)23-9-16(19,20)21/h1-8,15H,9H2. The number of halogens is 5. The van der Waals surface area contributed by atoms with Crippen LogP contribution in [0.3, 0.4) is 0 Å². The summed E-state index contributed by atoms with van der Waals surface area (Å²) < 4.78 is 66.2. The number of benzene rings is 2. The molecule has 23 heavy (non-hydrogen) atoms. The van der Waals surface area contributed by atoms with Crippen molar-refractivity contribution in [3.63, 3.8) is 0 Å². The third-order valence-electron chi connectivity index (χ3n) is 3.03. The molecule has 0 radical (unpaired) electrons. The molecule has 0 fully saturated rings. The molecule has 0 spiro atoms. The third kappa shape index (κ3) is 4.51. The van der Waals surface area contributed by atoms with Crippen LogP contribution in [0.4, 0.5) is 22.0 Å².